The van der Waals surface area contributed by atoms with Crippen molar-refractivity contribution in [3.8, 4) is 5.75 Å². The van der Waals surface area contributed by atoms with Crippen LogP contribution in [-0.2, 0) is 16.2 Å². The van der Waals surface area contributed by atoms with Gasteiger partial charge in [0, 0.05) is 5.56 Å². The standard InChI is InChI=1S/C27H22ClN3O3/c28-23-12-6-7-13-24(23)30-26(32)16-27(33)31-29-17-22-21-11-5-4-10-20(21)14-15-25(22)34-18-19-8-2-1-3-9-19/h1-15,17H,16,18H2,(H,30,32)(H,31,33). The van der Waals surface area contributed by atoms with Gasteiger partial charge in [-0.05, 0) is 34.5 Å². The SMILES string of the molecule is O=C(CC(=O)Nc1ccccc1Cl)NN=Cc1c(OCc2ccccc2)ccc2ccccc12. The predicted molar refractivity (Wildman–Crippen MR) is 135 cm³/mol. The van der Waals surface area contributed by atoms with Crippen LogP contribution in [0.15, 0.2) is 96.1 Å². The number of nitrogens with one attached hydrogen (secondary N) is 2. The molecule has 4 aromatic rings. The molecule has 0 aromatic heterocycles. The minimum absolute atomic E-state index is 0.393. The third-order valence-electron chi connectivity index (χ3n) is 5.02. The van der Waals surface area contributed by atoms with Crippen LogP contribution in [-0.4, -0.2) is 18.0 Å². The van der Waals surface area contributed by atoms with Crippen LogP contribution in [0.25, 0.3) is 10.8 Å². The number of halogens is 1. The molecular weight excluding hydrogens is 450 g/mol. The number of fused-ring (bicyclic) bond motifs is 1. The average Bonchev–Trinajstić information content (AvgIpc) is 2.85. The fourth-order valence-electron chi connectivity index (χ4n) is 3.38. The van der Waals surface area contributed by atoms with E-state index in [0.717, 1.165) is 21.9 Å². The number of benzene rings is 4. The molecule has 0 radical (unpaired) electrons. The van der Waals surface area contributed by atoms with Crippen molar-refractivity contribution < 1.29 is 14.3 Å². The maximum absolute atomic E-state index is 12.2. The minimum Gasteiger partial charge on any atom is -0.488 e. The van der Waals surface area contributed by atoms with Crippen molar-refractivity contribution in [3.63, 3.8) is 0 Å². The number of rotatable bonds is 8. The molecule has 4 rings (SSSR count). The van der Waals surface area contributed by atoms with Crippen LogP contribution in [0.5, 0.6) is 5.75 Å². The van der Waals surface area contributed by atoms with Gasteiger partial charge in [0.1, 0.15) is 18.8 Å². The summed E-state index contributed by atoms with van der Waals surface area (Å²) in [6.45, 7) is 0.397. The smallest absolute Gasteiger partial charge is 0.249 e. The van der Waals surface area contributed by atoms with E-state index in [1.54, 1.807) is 24.3 Å². The molecule has 0 aliphatic carbocycles. The molecule has 0 bridgehead atoms. The Balaban J connectivity index is 1.44. The first-order valence-corrected chi connectivity index (χ1v) is 11.0. The van der Waals surface area contributed by atoms with Gasteiger partial charge >= 0.3 is 0 Å². The van der Waals surface area contributed by atoms with Crippen LogP contribution >= 0.6 is 11.6 Å². The van der Waals surface area contributed by atoms with Crippen LogP contribution in [0.1, 0.15) is 17.5 Å². The highest BCUT2D eigenvalue weighted by Gasteiger charge is 2.11. The summed E-state index contributed by atoms with van der Waals surface area (Å²) in [6, 6.07) is 28.4. The van der Waals surface area contributed by atoms with Crippen molar-refractivity contribution in [1.82, 2.24) is 5.43 Å². The molecule has 0 fully saturated rings. The zero-order valence-corrected chi connectivity index (χ0v) is 19.0. The van der Waals surface area contributed by atoms with Crippen LogP contribution in [0.2, 0.25) is 5.02 Å². The Kier molecular flexibility index (Phi) is 7.53. The summed E-state index contributed by atoms with van der Waals surface area (Å²) < 4.78 is 6.05. The molecule has 0 heterocycles. The number of hydrogen-bond donors (Lipinski definition) is 2. The highest BCUT2D eigenvalue weighted by Crippen LogP contribution is 2.27. The lowest BCUT2D eigenvalue weighted by Crippen LogP contribution is -2.24. The van der Waals surface area contributed by atoms with Gasteiger partial charge in [0.25, 0.3) is 0 Å². The van der Waals surface area contributed by atoms with Gasteiger partial charge in [-0.1, -0.05) is 84.4 Å². The van der Waals surface area contributed by atoms with Gasteiger partial charge in [0.05, 0.1) is 16.9 Å². The van der Waals surface area contributed by atoms with Gasteiger partial charge in [-0.25, -0.2) is 5.43 Å². The Bertz CT molecular complexity index is 1340. The molecule has 34 heavy (non-hydrogen) atoms. The molecule has 0 atom stereocenters. The summed E-state index contributed by atoms with van der Waals surface area (Å²) in [4.78, 5) is 24.4. The largest absolute Gasteiger partial charge is 0.488 e. The third-order valence-corrected chi connectivity index (χ3v) is 5.35. The number of hydrogen-bond acceptors (Lipinski definition) is 4. The molecule has 170 valence electrons. The number of anilines is 1. The molecule has 0 unspecified atom stereocenters. The molecule has 0 spiro atoms. The van der Waals surface area contributed by atoms with Crippen LogP contribution < -0.4 is 15.5 Å². The summed E-state index contributed by atoms with van der Waals surface area (Å²) in [6.07, 6.45) is 1.14. The highest BCUT2D eigenvalue weighted by atomic mass is 35.5. The fourth-order valence-corrected chi connectivity index (χ4v) is 3.56. The topological polar surface area (TPSA) is 79.8 Å². The van der Waals surface area contributed by atoms with E-state index in [0.29, 0.717) is 23.1 Å². The van der Waals surface area contributed by atoms with Gasteiger partial charge in [-0.2, -0.15) is 5.10 Å². The number of nitrogens with zero attached hydrogens (tertiary/aromatic N) is 1. The number of amides is 2. The molecule has 0 aliphatic heterocycles. The van der Waals surface area contributed by atoms with Gasteiger partial charge < -0.3 is 10.1 Å². The van der Waals surface area contributed by atoms with E-state index in [1.165, 1.54) is 6.21 Å². The Morgan fingerprint density at radius 2 is 1.59 bits per heavy atom. The molecule has 6 nitrogen and oxygen atoms in total. The summed E-state index contributed by atoms with van der Waals surface area (Å²) in [5, 5.41) is 9.03. The number of carbonyl (C=O) groups excluding carboxylic acids is 2. The molecule has 0 saturated heterocycles. The van der Waals surface area contributed by atoms with Crippen molar-refractivity contribution in [1.29, 1.82) is 0 Å². The monoisotopic (exact) mass is 471 g/mol. The lowest BCUT2D eigenvalue weighted by atomic mass is 10.0. The van der Waals surface area contributed by atoms with E-state index >= 15 is 0 Å². The van der Waals surface area contributed by atoms with E-state index < -0.39 is 18.2 Å². The zero-order chi connectivity index (χ0) is 23.8. The fraction of sp³-hybridized carbons (Fsp3) is 0.0741. The first-order chi connectivity index (χ1) is 16.6. The predicted octanol–water partition coefficient (Wildman–Crippen LogP) is 5.55. The van der Waals surface area contributed by atoms with Crippen molar-refractivity contribution in [3.05, 3.63) is 107 Å². The second kappa shape index (κ2) is 11.1. The number of ether oxygens (including phenoxy) is 1. The Morgan fingerprint density at radius 1 is 0.853 bits per heavy atom. The summed E-state index contributed by atoms with van der Waals surface area (Å²) in [5.41, 5.74) is 4.62. The summed E-state index contributed by atoms with van der Waals surface area (Å²) in [7, 11) is 0. The van der Waals surface area contributed by atoms with E-state index in [-0.39, 0.29) is 0 Å². The molecule has 7 heteroatoms. The second-order valence-electron chi connectivity index (χ2n) is 7.47. The lowest BCUT2D eigenvalue weighted by molar-refractivity contribution is -0.126. The van der Waals surface area contributed by atoms with Crippen molar-refractivity contribution in [2.75, 3.05) is 5.32 Å². The Morgan fingerprint density at radius 3 is 2.41 bits per heavy atom. The van der Waals surface area contributed by atoms with E-state index in [1.807, 2.05) is 66.7 Å². The Hall–Kier alpha value is -4.16. The van der Waals surface area contributed by atoms with Crippen LogP contribution in [0, 0.1) is 0 Å². The first kappa shape index (κ1) is 23.0. The highest BCUT2D eigenvalue weighted by molar-refractivity contribution is 6.33. The van der Waals surface area contributed by atoms with Gasteiger partial charge in [-0.15, -0.1) is 0 Å². The van der Waals surface area contributed by atoms with Crippen molar-refractivity contribution >= 4 is 46.1 Å². The van der Waals surface area contributed by atoms with Crippen molar-refractivity contribution in [2.45, 2.75) is 13.0 Å². The van der Waals surface area contributed by atoms with Crippen LogP contribution in [0.3, 0.4) is 0 Å². The molecule has 2 amide bonds. The molecule has 0 aliphatic rings. The minimum atomic E-state index is -0.548. The van der Waals surface area contributed by atoms with Gasteiger partial charge in [0.2, 0.25) is 11.8 Å². The molecule has 0 saturated carbocycles. The maximum atomic E-state index is 12.2. The quantitative estimate of drug-likeness (QED) is 0.201. The third kappa shape index (κ3) is 5.99. The van der Waals surface area contributed by atoms with E-state index in [4.69, 9.17) is 16.3 Å². The zero-order valence-electron chi connectivity index (χ0n) is 18.2. The number of hydrazone groups is 1. The second-order valence-corrected chi connectivity index (χ2v) is 7.88. The normalized spacial score (nSPS) is 10.9. The summed E-state index contributed by atoms with van der Waals surface area (Å²) >= 11 is 6.03. The molecule has 4 aromatic carbocycles. The van der Waals surface area contributed by atoms with E-state index in [9.17, 15) is 9.59 Å². The van der Waals surface area contributed by atoms with Gasteiger partial charge in [-0.3, -0.25) is 9.59 Å². The average molecular weight is 472 g/mol. The molecular formula is C27H22ClN3O3. The Labute approximate surface area is 202 Å². The molecule has 2 N–H and O–H groups in total. The van der Waals surface area contributed by atoms with Crippen LogP contribution in [0.4, 0.5) is 5.69 Å². The number of carbonyl (C=O) groups is 2. The van der Waals surface area contributed by atoms with Gasteiger partial charge in [0.15, 0.2) is 0 Å². The lowest BCUT2D eigenvalue weighted by Gasteiger charge is -2.12. The maximum Gasteiger partial charge on any atom is 0.249 e. The summed E-state index contributed by atoms with van der Waals surface area (Å²) in [5.74, 6) is -0.400. The van der Waals surface area contributed by atoms with E-state index in [2.05, 4.69) is 15.8 Å². The first-order valence-electron chi connectivity index (χ1n) is 10.6. The van der Waals surface area contributed by atoms with Crippen molar-refractivity contribution in [2.24, 2.45) is 5.10 Å². The number of para-hydroxylation sites is 1.